The number of benzene rings is 1. The molecule has 0 bridgehead atoms. The highest BCUT2D eigenvalue weighted by atomic mass is 79.9. The number of aromatic nitrogens is 1. The van der Waals surface area contributed by atoms with Crippen molar-refractivity contribution in [3.05, 3.63) is 51.6 Å². The molecular formula is C15H14BrClN2. The Bertz CT molecular complexity index is 615. The minimum atomic E-state index is 0.404. The number of anilines is 2. The van der Waals surface area contributed by atoms with Crippen molar-refractivity contribution in [1.29, 1.82) is 0 Å². The third-order valence-corrected chi connectivity index (χ3v) is 4.25. The monoisotopic (exact) mass is 336 g/mol. The van der Waals surface area contributed by atoms with Crippen molar-refractivity contribution >= 4 is 39.0 Å². The second-order valence-electron chi connectivity index (χ2n) is 4.85. The Morgan fingerprint density at radius 2 is 2.16 bits per heavy atom. The van der Waals surface area contributed by atoms with Gasteiger partial charge in [0.05, 0.1) is 5.02 Å². The van der Waals surface area contributed by atoms with Gasteiger partial charge >= 0.3 is 0 Å². The summed E-state index contributed by atoms with van der Waals surface area (Å²) in [4.78, 5) is 6.74. The fourth-order valence-corrected chi connectivity index (χ4v) is 3.32. The lowest BCUT2D eigenvalue weighted by molar-refractivity contribution is 0.613. The summed E-state index contributed by atoms with van der Waals surface area (Å²) in [5, 5.41) is 0.679. The molecule has 1 aromatic carbocycles. The van der Waals surface area contributed by atoms with Crippen LogP contribution in [0.5, 0.6) is 0 Å². The number of pyridine rings is 1. The molecule has 3 rings (SSSR count). The first-order valence-electron chi connectivity index (χ1n) is 6.35. The second-order valence-corrected chi connectivity index (χ2v) is 6.17. The number of aryl methyl sites for hydroxylation is 1. The molecule has 0 saturated heterocycles. The van der Waals surface area contributed by atoms with Gasteiger partial charge in [-0.1, -0.05) is 29.8 Å². The van der Waals surface area contributed by atoms with Gasteiger partial charge in [-0.05, 0) is 53.4 Å². The van der Waals surface area contributed by atoms with E-state index >= 15 is 0 Å². The summed E-state index contributed by atoms with van der Waals surface area (Å²) < 4.78 is 0.902. The maximum atomic E-state index is 6.36. The van der Waals surface area contributed by atoms with Crippen molar-refractivity contribution in [3.8, 4) is 0 Å². The Morgan fingerprint density at radius 3 is 2.95 bits per heavy atom. The van der Waals surface area contributed by atoms with Crippen molar-refractivity contribution in [2.24, 2.45) is 0 Å². The number of rotatable bonds is 1. The van der Waals surface area contributed by atoms with Gasteiger partial charge in [0.15, 0.2) is 5.82 Å². The summed E-state index contributed by atoms with van der Waals surface area (Å²) in [5.41, 5.74) is 2.58. The molecule has 1 unspecified atom stereocenters. The highest BCUT2D eigenvalue weighted by Gasteiger charge is 2.26. The molecule has 2 nitrogen and oxygen atoms in total. The third kappa shape index (κ3) is 2.37. The van der Waals surface area contributed by atoms with Gasteiger partial charge in [-0.25, -0.2) is 4.98 Å². The third-order valence-electron chi connectivity index (χ3n) is 3.54. The molecule has 1 aliphatic heterocycles. The van der Waals surface area contributed by atoms with Crippen molar-refractivity contribution in [3.63, 3.8) is 0 Å². The molecule has 19 heavy (non-hydrogen) atoms. The first kappa shape index (κ1) is 12.9. The van der Waals surface area contributed by atoms with Crippen LogP contribution >= 0.6 is 27.5 Å². The fourth-order valence-electron chi connectivity index (χ4n) is 2.60. The van der Waals surface area contributed by atoms with E-state index in [1.54, 1.807) is 6.20 Å². The summed E-state index contributed by atoms with van der Waals surface area (Å²) in [6, 6.07) is 10.8. The quantitative estimate of drug-likeness (QED) is 0.730. The first-order chi connectivity index (χ1) is 9.16. The highest BCUT2D eigenvalue weighted by molar-refractivity contribution is 9.10. The van der Waals surface area contributed by atoms with Gasteiger partial charge in [-0.2, -0.15) is 0 Å². The predicted molar refractivity (Wildman–Crippen MR) is 83.3 cm³/mol. The van der Waals surface area contributed by atoms with Crippen LogP contribution in [-0.2, 0) is 6.42 Å². The van der Waals surface area contributed by atoms with Crippen LogP contribution in [-0.4, -0.2) is 11.0 Å². The van der Waals surface area contributed by atoms with Crippen LogP contribution in [0.4, 0.5) is 11.5 Å². The van der Waals surface area contributed by atoms with Crippen LogP contribution in [0.3, 0.4) is 0 Å². The predicted octanol–water partition coefficient (Wildman–Crippen LogP) is 4.97. The van der Waals surface area contributed by atoms with Crippen molar-refractivity contribution < 1.29 is 0 Å². The van der Waals surface area contributed by atoms with Gasteiger partial charge in [0.25, 0.3) is 0 Å². The Hall–Kier alpha value is -1.06. The molecule has 1 aliphatic rings. The van der Waals surface area contributed by atoms with E-state index in [2.05, 4.69) is 57.0 Å². The smallest absolute Gasteiger partial charge is 0.152 e. The Labute approximate surface area is 126 Å². The summed E-state index contributed by atoms with van der Waals surface area (Å²) >= 11 is 9.76. The van der Waals surface area contributed by atoms with E-state index in [-0.39, 0.29) is 0 Å². The zero-order chi connectivity index (χ0) is 13.4. The van der Waals surface area contributed by atoms with Crippen molar-refractivity contribution in [1.82, 2.24) is 4.98 Å². The van der Waals surface area contributed by atoms with E-state index in [0.717, 1.165) is 23.1 Å². The summed E-state index contributed by atoms with van der Waals surface area (Å²) in [6.45, 7) is 2.22. The average Bonchev–Trinajstić information content (AvgIpc) is 2.40. The molecular weight excluding hydrogens is 324 g/mol. The maximum Gasteiger partial charge on any atom is 0.152 e. The molecule has 2 heterocycles. The molecule has 1 atom stereocenters. The molecule has 0 aliphatic carbocycles. The zero-order valence-electron chi connectivity index (χ0n) is 10.6. The molecule has 0 fully saturated rings. The van der Waals surface area contributed by atoms with E-state index in [1.165, 1.54) is 11.3 Å². The van der Waals surface area contributed by atoms with E-state index in [9.17, 15) is 0 Å². The van der Waals surface area contributed by atoms with Crippen LogP contribution in [0, 0.1) is 0 Å². The summed E-state index contributed by atoms with van der Waals surface area (Å²) in [5.74, 6) is 0.838. The number of halogens is 2. The van der Waals surface area contributed by atoms with Crippen LogP contribution in [0.1, 0.15) is 18.9 Å². The van der Waals surface area contributed by atoms with Crippen molar-refractivity contribution in [2.45, 2.75) is 25.8 Å². The topological polar surface area (TPSA) is 16.1 Å². The van der Waals surface area contributed by atoms with Crippen LogP contribution < -0.4 is 4.90 Å². The molecule has 1 aromatic heterocycles. The normalized spacial score (nSPS) is 18.3. The minimum absolute atomic E-state index is 0.404. The number of nitrogens with zero attached hydrogens (tertiary/aromatic N) is 2. The number of fused-ring (bicyclic) bond motifs is 1. The first-order valence-corrected chi connectivity index (χ1v) is 7.52. The Morgan fingerprint density at radius 1 is 1.37 bits per heavy atom. The molecule has 2 aromatic rings. The standard InChI is InChI=1S/C15H14BrClN2/c1-10-6-7-11-4-2-3-5-14(11)19(10)15-13(17)8-12(16)9-18-15/h2-5,8-10H,6-7H2,1H3. The molecule has 4 heteroatoms. The average molecular weight is 338 g/mol. The zero-order valence-corrected chi connectivity index (χ0v) is 12.9. The summed E-state index contributed by atoms with van der Waals surface area (Å²) in [6.07, 6.45) is 4.03. The Kier molecular flexibility index (Phi) is 3.50. The van der Waals surface area contributed by atoms with Gasteiger partial charge in [-0.3, -0.25) is 0 Å². The Balaban J connectivity index is 2.13. The van der Waals surface area contributed by atoms with E-state index in [0.29, 0.717) is 11.1 Å². The van der Waals surface area contributed by atoms with Gasteiger partial charge in [0.1, 0.15) is 0 Å². The highest BCUT2D eigenvalue weighted by Crippen LogP contribution is 2.39. The largest absolute Gasteiger partial charge is 0.322 e. The molecule has 0 radical (unpaired) electrons. The van der Waals surface area contributed by atoms with Crippen LogP contribution in [0.25, 0.3) is 0 Å². The molecule has 0 N–H and O–H groups in total. The van der Waals surface area contributed by atoms with Crippen LogP contribution in [0.15, 0.2) is 41.0 Å². The van der Waals surface area contributed by atoms with Gasteiger partial charge in [0.2, 0.25) is 0 Å². The van der Waals surface area contributed by atoms with Gasteiger partial charge in [0, 0.05) is 22.4 Å². The maximum absolute atomic E-state index is 6.36. The molecule has 98 valence electrons. The van der Waals surface area contributed by atoms with Gasteiger partial charge in [-0.15, -0.1) is 0 Å². The molecule has 0 spiro atoms. The number of hydrogen-bond donors (Lipinski definition) is 0. The lowest BCUT2D eigenvalue weighted by Crippen LogP contribution is -2.33. The number of hydrogen-bond acceptors (Lipinski definition) is 2. The summed E-state index contributed by atoms with van der Waals surface area (Å²) in [7, 11) is 0. The van der Waals surface area contributed by atoms with E-state index < -0.39 is 0 Å². The second kappa shape index (κ2) is 5.14. The van der Waals surface area contributed by atoms with Gasteiger partial charge < -0.3 is 4.90 Å². The van der Waals surface area contributed by atoms with E-state index in [1.807, 2.05) is 6.07 Å². The van der Waals surface area contributed by atoms with Crippen molar-refractivity contribution in [2.75, 3.05) is 4.90 Å². The minimum Gasteiger partial charge on any atom is -0.322 e. The van der Waals surface area contributed by atoms with Crippen LogP contribution in [0.2, 0.25) is 5.02 Å². The number of para-hydroxylation sites is 1. The lowest BCUT2D eigenvalue weighted by atomic mass is 9.96. The van der Waals surface area contributed by atoms with E-state index in [4.69, 9.17) is 11.6 Å². The SMILES string of the molecule is CC1CCc2ccccc2N1c1ncc(Br)cc1Cl. The molecule has 0 saturated carbocycles. The fraction of sp³-hybridized carbons (Fsp3) is 0.267. The lowest BCUT2D eigenvalue weighted by Gasteiger charge is -2.36. The molecule has 0 amide bonds.